The summed E-state index contributed by atoms with van der Waals surface area (Å²) in [5.74, 6) is 0.330. The molecule has 6 heteroatoms. The molecule has 0 radical (unpaired) electrons. The second-order valence-electron chi connectivity index (χ2n) is 3.57. The van der Waals surface area contributed by atoms with E-state index in [9.17, 15) is 4.79 Å². The van der Waals surface area contributed by atoms with E-state index in [1.807, 2.05) is 6.92 Å². The van der Waals surface area contributed by atoms with Crippen molar-refractivity contribution < 1.29 is 9.53 Å². The summed E-state index contributed by atoms with van der Waals surface area (Å²) in [5, 5.41) is 5.68. The number of aromatic nitrogens is 2. The third-order valence-electron chi connectivity index (χ3n) is 2.32. The van der Waals surface area contributed by atoms with Gasteiger partial charge in [-0.15, -0.1) is 0 Å². The zero-order valence-electron chi connectivity index (χ0n) is 10.4. The molecule has 0 aliphatic heterocycles. The lowest BCUT2D eigenvalue weighted by atomic mass is 10.2. The number of methoxy groups -OCH3 is 1. The quantitative estimate of drug-likeness (QED) is 0.762. The maximum Gasteiger partial charge on any atom is 0.271 e. The van der Waals surface area contributed by atoms with E-state index in [2.05, 4.69) is 20.6 Å². The molecule has 1 amide bonds. The van der Waals surface area contributed by atoms with Crippen LogP contribution in [-0.2, 0) is 4.74 Å². The Balaban J connectivity index is 2.68. The van der Waals surface area contributed by atoms with Crippen molar-refractivity contribution in [3.05, 3.63) is 18.1 Å². The Morgan fingerprint density at radius 1 is 1.53 bits per heavy atom. The molecular formula is C11H18N4O2. The van der Waals surface area contributed by atoms with E-state index in [-0.39, 0.29) is 11.9 Å². The molecule has 0 saturated heterocycles. The lowest BCUT2D eigenvalue weighted by molar-refractivity contribution is 0.0889. The molecule has 0 saturated carbocycles. The second kappa shape index (κ2) is 6.80. The first kappa shape index (κ1) is 13.4. The van der Waals surface area contributed by atoms with Gasteiger partial charge in [-0.2, -0.15) is 0 Å². The highest BCUT2D eigenvalue weighted by molar-refractivity contribution is 5.92. The van der Waals surface area contributed by atoms with Gasteiger partial charge in [0.05, 0.1) is 25.0 Å². The number of nitrogens with zero attached hydrogens (tertiary/aromatic N) is 2. The average Bonchev–Trinajstić information content (AvgIpc) is 2.38. The van der Waals surface area contributed by atoms with Gasteiger partial charge in [-0.3, -0.25) is 9.78 Å². The first-order valence-electron chi connectivity index (χ1n) is 5.50. The monoisotopic (exact) mass is 238 g/mol. The Bertz CT molecular complexity index is 370. The summed E-state index contributed by atoms with van der Waals surface area (Å²) >= 11 is 0. The molecule has 0 bridgehead atoms. The van der Waals surface area contributed by atoms with Crippen LogP contribution in [0, 0.1) is 0 Å². The molecule has 17 heavy (non-hydrogen) atoms. The summed E-state index contributed by atoms with van der Waals surface area (Å²) in [6.07, 6.45) is 3.80. The first-order chi connectivity index (χ1) is 8.21. The summed E-state index contributed by atoms with van der Waals surface area (Å²) in [5.41, 5.74) is 0.298. The van der Waals surface area contributed by atoms with Gasteiger partial charge < -0.3 is 15.4 Å². The van der Waals surface area contributed by atoms with Gasteiger partial charge in [-0.05, 0) is 6.42 Å². The van der Waals surface area contributed by atoms with Crippen molar-refractivity contribution in [3.8, 4) is 0 Å². The van der Waals surface area contributed by atoms with Crippen molar-refractivity contribution in [2.45, 2.75) is 19.4 Å². The third-order valence-corrected chi connectivity index (χ3v) is 2.32. The molecule has 0 aliphatic carbocycles. The molecule has 1 atom stereocenters. The van der Waals surface area contributed by atoms with Crippen LogP contribution in [-0.4, -0.2) is 42.7 Å². The predicted octanol–water partition coefficient (Wildman–Crippen LogP) is 0.673. The van der Waals surface area contributed by atoms with E-state index in [1.54, 1.807) is 20.4 Å². The first-order valence-corrected chi connectivity index (χ1v) is 5.50. The number of hydrogen-bond acceptors (Lipinski definition) is 5. The van der Waals surface area contributed by atoms with Crippen LogP contribution in [0.3, 0.4) is 0 Å². The lowest BCUT2D eigenvalue weighted by Crippen LogP contribution is -2.38. The smallest absolute Gasteiger partial charge is 0.271 e. The van der Waals surface area contributed by atoms with Crippen molar-refractivity contribution in [2.24, 2.45) is 0 Å². The van der Waals surface area contributed by atoms with Crippen LogP contribution < -0.4 is 10.6 Å². The molecule has 1 aromatic rings. The molecule has 1 rings (SSSR count). The molecule has 0 aliphatic rings. The molecule has 1 unspecified atom stereocenters. The maximum absolute atomic E-state index is 11.9. The number of carbonyl (C=O) groups is 1. The Hall–Kier alpha value is -1.69. The van der Waals surface area contributed by atoms with E-state index in [1.165, 1.54) is 6.20 Å². The number of amides is 1. The van der Waals surface area contributed by atoms with Crippen LogP contribution in [0.15, 0.2) is 12.4 Å². The zero-order valence-corrected chi connectivity index (χ0v) is 10.4. The number of carbonyl (C=O) groups excluding carboxylic acids is 1. The minimum atomic E-state index is -0.237. The number of anilines is 1. The summed E-state index contributed by atoms with van der Waals surface area (Å²) < 4.78 is 5.01. The molecular weight excluding hydrogens is 220 g/mol. The number of nitrogens with one attached hydrogen (secondary N) is 2. The van der Waals surface area contributed by atoms with Crippen LogP contribution in [0.25, 0.3) is 0 Å². The fourth-order valence-electron chi connectivity index (χ4n) is 1.32. The van der Waals surface area contributed by atoms with Gasteiger partial charge >= 0.3 is 0 Å². The minimum Gasteiger partial charge on any atom is -0.383 e. The topological polar surface area (TPSA) is 76.1 Å². The van der Waals surface area contributed by atoms with E-state index in [4.69, 9.17) is 4.74 Å². The van der Waals surface area contributed by atoms with Gasteiger partial charge in [0, 0.05) is 14.2 Å². The van der Waals surface area contributed by atoms with Gasteiger partial charge in [0.25, 0.3) is 5.91 Å². The Labute approximate surface area is 101 Å². The number of rotatable bonds is 6. The highest BCUT2D eigenvalue weighted by Gasteiger charge is 2.13. The largest absolute Gasteiger partial charge is 0.383 e. The molecule has 1 heterocycles. The van der Waals surface area contributed by atoms with Gasteiger partial charge in [-0.25, -0.2) is 4.98 Å². The fraction of sp³-hybridized carbons (Fsp3) is 0.545. The third kappa shape index (κ3) is 3.99. The normalized spacial score (nSPS) is 11.9. The SMILES string of the molecule is CCC(COC)NC(=O)c1cncc(NC)n1. The fourth-order valence-corrected chi connectivity index (χ4v) is 1.32. The van der Waals surface area contributed by atoms with Crippen LogP contribution >= 0.6 is 0 Å². The average molecular weight is 238 g/mol. The summed E-state index contributed by atoms with van der Waals surface area (Å²) in [6.45, 7) is 2.47. The highest BCUT2D eigenvalue weighted by atomic mass is 16.5. The number of hydrogen-bond donors (Lipinski definition) is 2. The Morgan fingerprint density at radius 3 is 2.88 bits per heavy atom. The predicted molar refractivity (Wildman–Crippen MR) is 65.0 cm³/mol. The molecule has 1 aromatic heterocycles. The molecule has 0 aromatic carbocycles. The van der Waals surface area contributed by atoms with Gasteiger partial charge in [0.15, 0.2) is 0 Å². The van der Waals surface area contributed by atoms with Gasteiger partial charge in [0.2, 0.25) is 0 Å². The van der Waals surface area contributed by atoms with Crippen LogP contribution in [0.5, 0.6) is 0 Å². The number of ether oxygens (including phenoxy) is 1. The van der Waals surface area contributed by atoms with Crippen LogP contribution in [0.2, 0.25) is 0 Å². The van der Waals surface area contributed by atoms with Gasteiger partial charge in [-0.1, -0.05) is 6.92 Å². The van der Waals surface area contributed by atoms with Crippen molar-refractivity contribution in [3.63, 3.8) is 0 Å². The van der Waals surface area contributed by atoms with E-state index in [0.29, 0.717) is 18.1 Å². The van der Waals surface area contributed by atoms with E-state index < -0.39 is 0 Å². The lowest BCUT2D eigenvalue weighted by Gasteiger charge is -2.15. The van der Waals surface area contributed by atoms with Crippen LogP contribution in [0.4, 0.5) is 5.82 Å². The molecule has 6 nitrogen and oxygen atoms in total. The van der Waals surface area contributed by atoms with Crippen molar-refractivity contribution in [1.82, 2.24) is 15.3 Å². The summed E-state index contributed by atoms with van der Waals surface area (Å²) in [4.78, 5) is 19.9. The van der Waals surface area contributed by atoms with Crippen molar-refractivity contribution in [1.29, 1.82) is 0 Å². The van der Waals surface area contributed by atoms with Gasteiger partial charge in [0.1, 0.15) is 11.5 Å². The molecule has 94 valence electrons. The Kier molecular flexibility index (Phi) is 5.35. The van der Waals surface area contributed by atoms with Crippen molar-refractivity contribution >= 4 is 11.7 Å². The standard InChI is InChI=1S/C11H18N4O2/c1-4-8(7-17-3)14-11(16)9-5-13-6-10(12-2)15-9/h5-6,8H,4,7H2,1-3H3,(H,12,15)(H,14,16). The van der Waals surface area contributed by atoms with E-state index >= 15 is 0 Å². The van der Waals surface area contributed by atoms with Crippen molar-refractivity contribution in [2.75, 3.05) is 26.1 Å². The second-order valence-corrected chi connectivity index (χ2v) is 3.57. The zero-order chi connectivity index (χ0) is 12.7. The summed E-state index contributed by atoms with van der Waals surface area (Å²) in [7, 11) is 3.34. The Morgan fingerprint density at radius 2 is 2.29 bits per heavy atom. The molecule has 0 fully saturated rings. The summed E-state index contributed by atoms with van der Waals surface area (Å²) in [6, 6.07) is -0.00691. The maximum atomic E-state index is 11.9. The molecule has 2 N–H and O–H groups in total. The highest BCUT2D eigenvalue weighted by Crippen LogP contribution is 2.02. The minimum absolute atomic E-state index is 0.00691. The van der Waals surface area contributed by atoms with E-state index in [0.717, 1.165) is 6.42 Å². The van der Waals surface area contributed by atoms with Crippen LogP contribution in [0.1, 0.15) is 23.8 Å². The molecule has 0 spiro atoms.